The van der Waals surface area contributed by atoms with E-state index < -0.39 is 99.4 Å². The zero-order valence-electron chi connectivity index (χ0n) is 22.0. The van der Waals surface area contributed by atoms with Crippen molar-refractivity contribution in [3.8, 4) is 0 Å². The smallest absolute Gasteiger partial charge is 0.346 e. The summed E-state index contributed by atoms with van der Waals surface area (Å²) >= 11 is 9.03. The number of carbonyl (C=O) groups excluding carboxylic acids is 1. The first-order valence-electron chi connectivity index (χ1n) is 12.8. The molecule has 242 valence electrons. The molecular weight excluding hydrogens is 692 g/mol. The molecular formula is C19H20F2N10O10P2S2. The lowest BCUT2D eigenvalue weighted by atomic mass is 10.1. The zero-order valence-corrected chi connectivity index (χ0v) is 25.5. The lowest BCUT2D eigenvalue weighted by molar-refractivity contribution is -0.119. The van der Waals surface area contributed by atoms with Crippen LogP contribution in [-0.4, -0.2) is 121 Å². The molecule has 3 saturated heterocycles. The van der Waals surface area contributed by atoms with Gasteiger partial charge in [0.05, 0.1) is 25.9 Å². The summed E-state index contributed by atoms with van der Waals surface area (Å²) in [6.07, 6.45) is -11.7. The van der Waals surface area contributed by atoms with Gasteiger partial charge in [0.2, 0.25) is 5.96 Å². The number of rotatable bonds is 2. The molecule has 1 amide bonds. The number of amidine groups is 1. The van der Waals surface area contributed by atoms with Crippen LogP contribution in [0.15, 0.2) is 21.1 Å². The standard InChI is InChI=1S/C19H20F2N10O10P2S2/c20-7-5-1-36-42(34,44)40-11-6(39-17(8(11)21)31-13-10(28-29-31)15(32)24-3-23-13)2-37-43(35,45)41-12(7)18(38-5)30-4-25-9-14(30)26-19(22)27-16(9)33/h3-9,11-12,17-18H,1-2H2,(H,34,44)(H,35,45)(H2,22,27,33)(H,23,24,32)/t5-,6-,7-,8+,9?,11-,12-,17-,18-,42?,43?/m1/s1. The number of halogens is 2. The molecule has 0 radical (unpaired) electrons. The first-order valence-corrected chi connectivity index (χ1v) is 18.1. The number of hydrogen-bond acceptors (Lipinski definition) is 16. The third kappa shape index (κ3) is 5.56. The van der Waals surface area contributed by atoms with Crippen molar-refractivity contribution < 1.29 is 50.6 Å². The molecule has 2 aromatic rings. The van der Waals surface area contributed by atoms with Crippen LogP contribution in [0, 0.1) is 5.41 Å². The average molecular weight is 713 g/mol. The number of aromatic nitrogens is 5. The van der Waals surface area contributed by atoms with E-state index in [1.807, 2.05) is 0 Å². The molecule has 11 atom stereocenters. The Morgan fingerprint density at radius 1 is 1.11 bits per heavy atom. The van der Waals surface area contributed by atoms with Crippen molar-refractivity contribution in [1.82, 2.24) is 35.2 Å². The summed E-state index contributed by atoms with van der Waals surface area (Å²) in [5, 5.41) is 17.4. The third-order valence-electron chi connectivity index (χ3n) is 7.19. The lowest BCUT2D eigenvalue weighted by Crippen LogP contribution is -2.53. The number of hydrogen-bond donors (Lipinski definition) is 5. The van der Waals surface area contributed by atoms with Crippen molar-refractivity contribution in [2.75, 3.05) is 13.2 Å². The summed E-state index contributed by atoms with van der Waals surface area (Å²) in [4.78, 5) is 50.5. The van der Waals surface area contributed by atoms with Crippen molar-refractivity contribution in [2.24, 2.45) is 9.98 Å². The number of thiol groups is 1. The number of carbonyl (C=O) groups is 1. The van der Waals surface area contributed by atoms with Gasteiger partial charge in [0.1, 0.15) is 24.4 Å². The Morgan fingerprint density at radius 2 is 1.87 bits per heavy atom. The van der Waals surface area contributed by atoms with Crippen molar-refractivity contribution >= 4 is 72.8 Å². The van der Waals surface area contributed by atoms with E-state index >= 15 is 8.78 Å². The zero-order chi connectivity index (χ0) is 31.8. The molecule has 2 bridgehead atoms. The Hall–Kier alpha value is -2.63. The maximum absolute atomic E-state index is 15.9. The third-order valence-corrected chi connectivity index (χ3v) is 10.4. The van der Waals surface area contributed by atoms with Crippen LogP contribution in [0.1, 0.15) is 6.23 Å². The predicted octanol–water partition coefficient (Wildman–Crippen LogP) is -0.939. The molecule has 7 rings (SSSR count). The summed E-state index contributed by atoms with van der Waals surface area (Å²) < 4.78 is 79.1. The van der Waals surface area contributed by atoms with Crippen LogP contribution in [0.3, 0.4) is 0 Å². The van der Waals surface area contributed by atoms with E-state index in [2.05, 4.69) is 47.8 Å². The fraction of sp³-hybridized carbons (Fsp3) is 0.579. The molecule has 5 aliphatic heterocycles. The second-order valence-corrected chi connectivity index (χ2v) is 15.7. The minimum atomic E-state index is -4.53. The monoisotopic (exact) mass is 712 g/mol. The minimum Gasteiger partial charge on any atom is -0.346 e. The van der Waals surface area contributed by atoms with Gasteiger partial charge in [-0.1, -0.05) is 17.5 Å². The summed E-state index contributed by atoms with van der Waals surface area (Å²) in [6.45, 7) is -10.4. The predicted molar refractivity (Wildman–Crippen MR) is 150 cm³/mol. The number of ether oxygens (including phenoxy) is 2. The summed E-state index contributed by atoms with van der Waals surface area (Å²) in [7, 11) is 0. The first-order chi connectivity index (χ1) is 21.3. The highest BCUT2D eigenvalue weighted by molar-refractivity contribution is 8.44. The Balaban J connectivity index is 1.18. The topological polar surface area (TPSA) is 250 Å². The van der Waals surface area contributed by atoms with Crippen molar-refractivity contribution in [3.63, 3.8) is 0 Å². The Bertz CT molecular complexity index is 1800. The van der Waals surface area contributed by atoms with Crippen molar-refractivity contribution in [1.29, 1.82) is 5.41 Å². The van der Waals surface area contributed by atoms with E-state index in [1.165, 1.54) is 0 Å². The highest BCUT2D eigenvalue weighted by Gasteiger charge is 2.56. The molecule has 0 spiro atoms. The molecule has 45 heavy (non-hydrogen) atoms. The van der Waals surface area contributed by atoms with Gasteiger partial charge in [0.25, 0.3) is 11.5 Å². The average Bonchev–Trinajstić information content (AvgIpc) is 3.72. The van der Waals surface area contributed by atoms with Crippen molar-refractivity contribution in [3.05, 3.63) is 16.7 Å². The molecule has 20 nitrogen and oxygen atoms in total. The number of aliphatic imine (C=N–C) groups is 2. The molecule has 5 aliphatic rings. The van der Waals surface area contributed by atoms with E-state index in [1.54, 1.807) is 0 Å². The van der Waals surface area contributed by atoms with Crippen molar-refractivity contribution in [2.45, 2.75) is 55.3 Å². The van der Waals surface area contributed by atoms with Gasteiger partial charge in [-0.05, 0) is 11.8 Å². The largest absolute Gasteiger partial charge is 0.386 e. The quantitative estimate of drug-likeness (QED) is 0.186. The Kier molecular flexibility index (Phi) is 7.76. The van der Waals surface area contributed by atoms with Gasteiger partial charge in [-0.25, -0.2) is 18.3 Å². The SMILES string of the molecule is N=C1N=C2C(N=CN2[C@@H]2O[C@@H]3COP(O)(=S)O[C@H]4[C@H](F)[C@H](n5nnc6c(=O)[nH]cnc65)O[C@@H]4COP(=O)(S)O[C@@H]2[C@@H]3F)C(=O)N1. The summed E-state index contributed by atoms with van der Waals surface area (Å²) in [6, 6.07) is -1.17. The van der Waals surface area contributed by atoms with Crippen LogP contribution in [0.25, 0.3) is 11.2 Å². The highest BCUT2D eigenvalue weighted by atomic mass is 32.7. The fourth-order valence-electron chi connectivity index (χ4n) is 5.20. The maximum atomic E-state index is 15.9. The minimum absolute atomic E-state index is 0.0953. The van der Waals surface area contributed by atoms with Crippen LogP contribution in [0.2, 0.25) is 0 Å². The fourth-order valence-corrected chi connectivity index (χ4v) is 8.09. The van der Waals surface area contributed by atoms with Gasteiger partial charge >= 0.3 is 13.5 Å². The lowest BCUT2D eigenvalue weighted by Gasteiger charge is -2.31. The Labute approximate surface area is 258 Å². The molecule has 2 aromatic heterocycles. The first kappa shape index (κ1) is 31.0. The van der Waals surface area contributed by atoms with Crippen LogP contribution in [-0.2, 0) is 48.7 Å². The van der Waals surface area contributed by atoms with Gasteiger partial charge in [0.15, 0.2) is 47.8 Å². The molecule has 7 heterocycles. The van der Waals surface area contributed by atoms with Gasteiger partial charge in [-0.3, -0.25) is 43.8 Å². The number of H-pyrrole nitrogens is 1. The van der Waals surface area contributed by atoms with E-state index in [-0.39, 0.29) is 17.0 Å². The number of fused-ring (bicyclic) bond motifs is 5. The number of guanidine groups is 1. The molecule has 0 aliphatic carbocycles. The molecule has 3 unspecified atom stereocenters. The van der Waals surface area contributed by atoms with Gasteiger partial charge in [-0.15, -0.1) is 5.10 Å². The van der Waals surface area contributed by atoms with E-state index in [4.69, 9.17) is 44.8 Å². The van der Waals surface area contributed by atoms with Gasteiger partial charge in [-0.2, -0.15) is 9.67 Å². The second kappa shape index (κ2) is 11.3. The Morgan fingerprint density at radius 3 is 2.67 bits per heavy atom. The van der Waals surface area contributed by atoms with Gasteiger partial charge < -0.3 is 23.9 Å². The van der Waals surface area contributed by atoms with Crippen LogP contribution >= 0.6 is 25.8 Å². The molecule has 3 fully saturated rings. The highest BCUT2D eigenvalue weighted by Crippen LogP contribution is 2.58. The molecule has 4 N–H and O–H groups in total. The number of aromatic amines is 1. The molecule has 26 heteroatoms. The number of amides is 1. The number of alkyl halides is 2. The molecule has 0 aromatic carbocycles. The van der Waals surface area contributed by atoms with Gasteiger partial charge in [0, 0.05) is 0 Å². The van der Waals surface area contributed by atoms with E-state index in [0.717, 1.165) is 22.2 Å². The van der Waals surface area contributed by atoms with E-state index in [9.17, 15) is 19.0 Å². The molecule has 0 saturated carbocycles. The van der Waals surface area contributed by atoms with E-state index in [0.29, 0.717) is 0 Å². The normalized spacial score (nSPS) is 42.0. The number of nitrogens with zero attached hydrogens (tertiary/aromatic N) is 7. The second-order valence-electron chi connectivity index (χ2n) is 10.0. The summed E-state index contributed by atoms with van der Waals surface area (Å²) in [5.41, 5.74) is -1.00. The van der Waals surface area contributed by atoms with Crippen LogP contribution in [0.5, 0.6) is 0 Å². The van der Waals surface area contributed by atoms with Crippen LogP contribution < -0.4 is 10.9 Å². The number of nitrogens with one attached hydrogen (secondary N) is 3. The van der Waals surface area contributed by atoms with Crippen LogP contribution in [0.4, 0.5) is 8.78 Å². The summed E-state index contributed by atoms with van der Waals surface area (Å²) in [5.74, 6) is -1.27. The maximum Gasteiger partial charge on any atom is 0.386 e.